The van der Waals surface area contributed by atoms with Crippen LogP contribution in [0.4, 0.5) is 0 Å². The number of nitrogens with zero attached hydrogens (tertiary/aromatic N) is 3. The van der Waals surface area contributed by atoms with Crippen LogP contribution < -0.4 is 5.32 Å². The molecule has 2 aromatic carbocycles. The van der Waals surface area contributed by atoms with E-state index in [-0.39, 0.29) is 36.0 Å². The molecule has 2 aromatic rings. The summed E-state index contributed by atoms with van der Waals surface area (Å²) >= 11 is 0. The highest BCUT2D eigenvalue weighted by Gasteiger charge is 2.25. The number of nitrogens with one attached hydrogen (secondary N) is 1. The van der Waals surface area contributed by atoms with E-state index in [1.54, 1.807) is 19.0 Å². The molecule has 1 unspecified atom stereocenters. The molecule has 6 nitrogen and oxygen atoms in total. The quantitative estimate of drug-likeness (QED) is 0.368. The zero-order valence-electron chi connectivity index (χ0n) is 19.0. The molecule has 7 heteroatoms. The maximum Gasteiger partial charge on any atom is 0.253 e. The number of carbonyl (C=O) groups is 1. The minimum atomic E-state index is 0. The molecule has 168 valence electrons. The Kier molecular flexibility index (Phi) is 9.31. The van der Waals surface area contributed by atoms with E-state index >= 15 is 0 Å². The van der Waals surface area contributed by atoms with Gasteiger partial charge < -0.3 is 19.9 Å². The fourth-order valence-electron chi connectivity index (χ4n) is 3.75. The Morgan fingerprint density at radius 2 is 1.90 bits per heavy atom. The molecule has 1 saturated heterocycles. The van der Waals surface area contributed by atoms with Gasteiger partial charge in [-0.15, -0.1) is 24.0 Å². The van der Waals surface area contributed by atoms with Gasteiger partial charge in [-0.25, -0.2) is 0 Å². The van der Waals surface area contributed by atoms with Crippen molar-refractivity contribution >= 4 is 35.8 Å². The smallest absolute Gasteiger partial charge is 0.253 e. The van der Waals surface area contributed by atoms with E-state index in [9.17, 15) is 4.79 Å². The van der Waals surface area contributed by atoms with E-state index in [4.69, 9.17) is 4.74 Å². The van der Waals surface area contributed by atoms with E-state index < -0.39 is 0 Å². The van der Waals surface area contributed by atoms with Crippen LogP contribution in [0.1, 0.15) is 38.7 Å². The van der Waals surface area contributed by atoms with Crippen LogP contribution in [0.5, 0.6) is 0 Å². The summed E-state index contributed by atoms with van der Waals surface area (Å²) in [4.78, 5) is 20.3. The number of amides is 1. The van der Waals surface area contributed by atoms with Gasteiger partial charge in [0.05, 0.1) is 13.2 Å². The minimum absolute atomic E-state index is 0. The van der Waals surface area contributed by atoms with Crippen LogP contribution in [-0.4, -0.2) is 62.5 Å². The predicted octanol–water partition coefficient (Wildman–Crippen LogP) is 3.77. The molecule has 0 aromatic heterocycles. The largest absolute Gasteiger partial charge is 0.370 e. The van der Waals surface area contributed by atoms with Gasteiger partial charge >= 0.3 is 0 Å². The molecule has 1 aliphatic rings. The molecule has 1 amide bonds. The number of hydrogen-bond acceptors (Lipinski definition) is 3. The lowest BCUT2D eigenvalue weighted by Gasteiger charge is -2.36. The molecule has 0 spiro atoms. The zero-order valence-corrected chi connectivity index (χ0v) is 21.3. The number of aliphatic imine (C=N–C) groups is 1. The van der Waals surface area contributed by atoms with Crippen molar-refractivity contribution < 1.29 is 9.53 Å². The topological polar surface area (TPSA) is 57.2 Å². The summed E-state index contributed by atoms with van der Waals surface area (Å²) in [5.74, 6) is 0.873. The summed E-state index contributed by atoms with van der Waals surface area (Å²) in [6.45, 7) is 7.13. The van der Waals surface area contributed by atoms with Crippen molar-refractivity contribution in [1.29, 1.82) is 0 Å². The van der Waals surface area contributed by atoms with Gasteiger partial charge in [-0.2, -0.15) is 0 Å². The number of carbonyl (C=O) groups excluding carboxylic acids is 1. The van der Waals surface area contributed by atoms with E-state index in [0.29, 0.717) is 18.7 Å². The molecule has 1 fully saturated rings. The minimum Gasteiger partial charge on any atom is -0.370 e. The van der Waals surface area contributed by atoms with Crippen molar-refractivity contribution in [1.82, 2.24) is 15.1 Å². The standard InChI is InChI=1S/C24H32N4O2.HI/c1-17-6-11-21(18(2)14-17)22-16-28(12-13-30-22)24(25-3)26-15-19-7-9-20(10-8-19)23(29)27(4)5;/h6-11,14,22H,12-13,15-16H2,1-5H3,(H,25,26);1H. The fourth-order valence-corrected chi connectivity index (χ4v) is 3.75. The average molecular weight is 536 g/mol. The van der Waals surface area contributed by atoms with Gasteiger partial charge in [0, 0.05) is 39.8 Å². The van der Waals surface area contributed by atoms with E-state index in [0.717, 1.165) is 24.6 Å². The second kappa shape index (κ2) is 11.5. The predicted molar refractivity (Wildman–Crippen MR) is 136 cm³/mol. The van der Waals surface area contributed by atoms with Crippen LogP contribution in [0.2, 0.25) is 0 Å². The van der Waals surface area contributed by atoms with Gasteiger partial charge in [0.15, 0.2) is 5.96 Å². The second-order valence-electron chi connectivity index (χ2n) is 7.96. The Morgan fingerprint density at radius 1 is 1.19 bits per heavy atom. The number of rotatable bonds is 4. The lowest BCUT2D eigenvalue weighted by molar-refractivity contribution is -0.00834. The van der Waals surface area contributed by atoms with Crippen molar-refractivity contribution in [3.63, 3.8) is 0 Å². The molecule has 0 aliphatic carbocycles. The van der Waals surface area contributed by atoms with Crippen LogP contribution >= 0.6 is 24.0 Å². The third-order valence-corrected chi connectivity index (χ3v) is 5.41. The molecule has 3 rings (SSSR count). The van der Waals surface area contributed by atoms with Crippen molar-refractivity contribution in [3.8, 4) is 0 Å². The van der Waals surface area contributed by atoms with Gasteiger partial charge in [-0.05, 0) is 42.7 Å². The van der Waals surface area contributed by atoms with Crippen molar-refractivity contribution in [2.24, 2.45) is 4.99 Å². The van der Waals surface area contributed by atoms with Crippen molar-refractivity contribution in [3.05, 3.63) is 70.3 Å². The van der Waals surface area contributed by atoms with E-state index in [1.807, 2.05) is 31.3 Å². The van der Waals surface area contributed by atoms with Crippen LogP contribution in [0, 0.1) is 13.8 Å². The first-order chi connectivity index (χ1) is 14.4. The Morgan fingerprint density at radius 3 is 2.52 bits per heavy atom. The molecule has 1 atom stereocenters. The third kappa shape index (κ3) is 6.43. The second-order valence-corrected chi connectivity index (χ2v) is 7.96. The van der Waals surface area contributed by atoms with Gasteiger partial charge in [0.25, 0.3) is 5.91 Å². The molecule has 1 heterocycles. The SMILES string of the molecule is CN=C(NCc1ccc(C(=O)N(C)C)cc1)N1CCOC(c2ccc(C)cc2C)C1.I. The summed E-state index contributed by atoms with van der Waals surface area (Å²) in [6.07, 6.45) is 0.0363. The zero-order chi connectivity index (χ0) is 21.7. The fraction of sp³-hybridized carbons (Fsp3) is 0.417. The van der Waals surface area contributed by atoms with Crippen LogP contribution in [0.15, 0.2) is 47.5 Å². The third-order valence-electron chi connectivity index (χ3n) is 5.41. The number of aryl methyl sites for hydroxylation is 2. The molecule has 1 N–H and O–H groups in total. The number of hydrogen-bond donors (Lipinski definition) is 1. The Bertz CT molecular complexity index is 912. The molecule has 0 bridgehead atoms. The molecular formula is C24H33IN4O2. The normalized spacial score (nSPS) is 16.5. The number of halogens is 1. The summed E-state index contributed by atoms with van der Waals surface area (Å²) in [5, 5.41) is 3.45. The number of ether oxygens (including phenoxy) is 1. The highest BCUT2D eigenvalue weighted by Crippen LogP contribution is 2.26. The van der Waals surface area contributed by atoms with Gasteiger partial charge in [0.2, 0.25) is 0 Å². The van der Waals surface area contributed by atoms with Gasteiger partial charge in [-0.1, -0.05) is 35.9 Å². The van der Waals surface area contributed by atoms with Gasteiger partial charge in [-0.3, -0.25) is 9.79 Å². The Labute approximate surface area is 202 Å². The number of morpholine rings is 1. The summed E-state index contributed by atoms with van der Waals surface area (Å²) in [7, 11) is 5.33. The van der Waals surface area contributed by atoms with Gasteiger partial charge in [0.1, 0.15) is 6.10 Å². The lowest BCUT2D eigenvalue weighted by atomic mass is 10.00. The maximum atomic E-state index is 12.0. The summed E-state index contributed by atoms with van der Waals surface area (Å²) in [5.41, 5.74) is 5.56. The first-order valence-electron chi connectivity index (χ1n) is 10.3. The summed E-state index contributed by atoms with van der Waals surface area (Å²) < 4.78 is 6.07. The van der Waals surface area contributed by atoms with Crippen LogP contribution in [0.25, 0.3) is 0 Å². The summed E-state index contributed by atoms with van der Waals surface area (Å²) in [6, 6.07) is 14.2. The molecular weight excluding hydrogens is 503 g/mol. The molecule has 31 heavy (non-hydrogen) atoms. The van der Waals surface area contributed by atoms with E-state index in [2.05, 4.69) is 47.3 Å². The molecule has 1 aliphatic heterocycles. The van der Waals surface area contributed by atoms with Crippen LogP contribution in [-0.2, 0) is 11.3 Å². The molecule has 0 radical (unpaired) electrons. The first kappa shape index (κ1) is 25.1. The first-order valence-corrected chi connectivity index (χ1v) is 10.3. The highest BCUT2D eigenvalue weighted by molar-refractivity contribution is 14.0. The lowest BCUT2D eigenvalue weighted by Crippen LogP contribution is -2.48. The molecule has 0 saturated carbocycles. The number of guanidine groups is 1. The van der Waals surface area contributed by atoms with Crippen molar-refractivity contribution in [2.75, 3.05) is 40.8 Å². The average Bonchev–Trinajstić information content (AvgIpc) is 2.74. The Hall–Kier alpha value is -2.13. The van der Waals surface area contributed by atoms with E-state index in [1.165, 1.54) is 16.7 Å². The highest BCUT2D eigenvalue weighted by atomic mass is 127. The number of benzene rings is 2. The van der Waals surface area contributed by atoms with Crippen LogP contribution in [0.3, 0.4) is 0 Å². The monoisotopic (exact) mass is 536 g/mol. The maximum absolute atomic E-state index is 12.0. The Balaban J connectivity index is 0.00000341. The van der Waals surface area contributed by atoms with Crippen molar-refractivity contribution in [2.45, 2.75) is 26.5 Å².